The van der Waals surface area contributed by atoms with Gasteiger partial charge in [0.25, 0.3) is 0 Å². The van der Waals surface area contributed by atoms with Gasteiger partial charge in [0, 0.05) is 19.1 Å². The minimum Gasteiger partial charge on any atom is -1.00 e. The Morgan fingerprint density at radius 2 is 1.64 bits per heavy atom. The minimum atomic E-state index is -0.732. The van der Waals surface area contributed by atoms with E-state index in [1.165, 1.54) is 11.1 Å². The number of ether oxygens (including phenoxy) is 2. The quantitative estimate of drug-likeness (QED) is 0.343. The van der Waals surface area contributed by atoms with Gasteiger partial charge in [-0.25, -0.2) is 6.08 Å². The molecule has 0 spiro atoms. The molecule has 0 N–H and O–H groups in total. The molecule has 2 rings (SSSR count). The fourth-order valence-electron chi connectivity index (χ4n) is 2.95. The van der Waals surface area contributed by atoms with Gasteiger partial charge in [-0.3, -0.25) is 0 Å². The van der Waals surface area contributed by atoms with Gasteiger partial charge in [-0.15, -0.1) is 6.42 Å². The predicted octanol–water partition coefficient (Wildman–Crippen LogP) is -0.653. The zero-order chi connectivity index (χ0) is 16.6. The first-order chi connectivity index (χ1) is 10.1. The van der Waals surface area contributed by atoms with Crippen LogP contribution < -0.4 is 24.8 Å². The van der Waals surface area contributed by atoms with E-state index in [1.807, 2.05) is 6.08 Å². The van der Waals surface area contributed by atoms with Gasteiger partial charge in [-0.05, 0) is 22.2 Å². The second kappa shape index (κ2) is 9.81. The molecular weight excluding hydrogens is 391 g/mol. The average molecular weight is 420 g/mol. The fourth-order valence-corrected chi connectivity index (χ4v) is 2.95. The zero-order valence-corrected chi connectivity index (χ0v) is 19.4. The molecular formula is C20H29Cl2O2Ti. The van der Waals surface area contributed by atoms with Gasteiger partial charge in [-0.1, -0.05) is 53.7 Å². The molecule has 1 radical (unpaired) electrons. The molecule has 0 aliphatic heterocycles. The maximum Gasteiger partial charge on any atom is 3.00 e. The van der Waals surface area contributed by atoms with Crippen molar-refractivity contribution >= 4 is 0 Å². The first-order valence-electron chi connectivity index (χ1n) is 8.03. The van der Waals surface area contributed by atoms with E-state index in [4.69, 9.17) is 9.47 Å². The van der Waals surface area contributed by atoms with Crippen LogP contribution in [-0.4, -0.2) is 12.9 Å². The number of allylic oxidation sites excluding steroid dienone is 5. The summed E-state index contributed by atoms with van der Waals surface area (Å²) in [6.07, 6.45) is 13.3. The van der Waals surface area contributed by atoms with Crippen LogP contribution in [0.4, 0.5) is 0 Å². The van der Waals surface area contributed by atoms with Crippen LogP contribution in [0.3, 0.4) is 0 Å². The molecule has 1 atom stereocenters. The first kappa shape index (κ1) is 27.2. The van der Waals surface area contributed by atoms with Crippen molar-refractivity contribution in [3.63, 3.8) is 0 Å². The van der Waals surface area contributed by atoms with E-state index < -0.39 is 5.79 Å². The summed E-state index contributed by atoms with van der Waals surface area (Å²) in [7, 11) is 1.73. The molecule has 25 heavy (non-hydrogen) atoms. The maximum absolute atomic E-state index is 6.27. The fraction of sp³-hybridized carbons (Fsp3) is 0.600. The molecule has 2 aliphatic carbocycles. The molecule has 0 bridgehead atoms. The van der Waals surface area contributed by atoms with Gasteiger partial charge in [0.15, 0.2) is 0 Å². The molecule has 2 nitrogen and oxygen atoms in total. The van der Waals surface area contributed by atoms with E-state index in [0.717, 1.165) is 18.6 Å². The van der Waals surface area contributed by atoms with Crippen LogP contribution >= 0.6 is 0 Å². The van der Waals surface area contributed by atoms with E-state index in [0.29, 0.717) is 0 Å². The maximum atomic E-state index is 6.27. The molecule has 0 saturated carbocycles. The van der Waals surface area contributed by atoms with Crippen LogP contribution in [0, 0.1) is 16.9 Å². The third-order valence-electron chi connectivity index (χ3n) is 4.24. The normalized spacial score (nSPS) is 22.6. The Morgan fingerprint density at radius 1 is 1.04 bits per heavy atom. The summed E-state index contributed by atoms with van der Waals surface area (Å²) in [6, 6.07) is 0. The molecule has 0 aromatic heterocycles. The Hall–Kier alpha value is 0.0143. The number of methoxy groups -OCH3 is 1. The van der Waals surface area contributed by atoms with Crippen molar-refractivity contribution in [3.8, 4) is 0 Å². The zero-order valence-electron chi connectivity index (χ0n) is 16.3. The smallest absolute Gasteiger partial charge is 1.00 e. The number of halogens is 2. The number of rotatable bonds is 3. The number of hydrogen-bond donors (Lipinski definition) is 0. The van der Waals surface area contributed by atoms with Crippen LogP contribution in [0.5, 0.6) is 0 Å². The van der Waals surface area contributed by atoms with Crippen LogP contribution in [0.25, 0.3) is 0 Å². The molecule has 0 fully saturated rings. The summed E-state index contributed by atoms with van der Waals surface area (Å²) in [5, 5.41) is 0. The summed E-state index contributed by atoms with van der Waals surface area (Å²) < 4.78 is 12.2. The third kappa shape index (κ3) is 6.29. The van der Waals surface area contributed by atoms with Crippen LogP contribution in [-0.2, 0) is 31.2 Å². The monoisotopic (exact) mass is 419 g/mol. The van der Waals surface area contributed by atoms with E-state index in [9.17, 15) is 0 Å². The van der Waals surface area contributed by atoms with Crippen LogP contribution in [0.1, 0.15) is 54.4 Å². The molecule has 0 heterocycles. The topological polar surface area (TPSA) is 18.5 Å². The minimum absolute atomic E-state index is 0. The summed E-state index contributed by atoms with van der Waals surface area (Å²) in [5.41, 5.74) is 2.61. The van der Waals surface area contributed by atoms with E-state index in [-0.39, 0.29) is 57.4 Å². The summed E-state index contributed by atoms with van der Waals surface area (Å²) in [5.74, 6) is 0.0499. The Balaban J connectivity index is 0. The molecule has 0 saturated heterocycles. The summed E-state index contributed by atoms with van der Waals surface area (Å²) >= 11 is 0. The van der Waals surface area contributed by atoms with Crippen molar-refractivity contribution in [2.45, 2.75) is 60.2 Å². The number of hydrogen-bond acceptors (Lipinski definition) is 2. The van der Waals surface area contributed by atoms with E-state index in [2.05, 4.69) is 65.8 Å². The van der Waals surface area contributed by atoms with Gasteiger partial charge in [-0.2, -0.15) is 12.2 Å². The SMILES string of the molecule is COC1(OC2=[C-]CC=C2)CC=C(C(C)(C)C)C=C1C(C)(C)C.[Cl-].[Cl-].[Ti+3]. The van der Waals surface area contributed by atoms with Crippen LogP contribution in [0.2, 0.25) is 0 Å². The first-order valence-corrected chi connectivity index (χ1v) is 8.03. The van der Waals surface area contributed by atoms with Crippen molar-refractivity contribution in [2.75, 3.05) is 7.11 Å². The van der Waals surface area contributed by atoms with Crippen molar-refractivity contribution in [3.05, 3.63) is 47.3 Å². The standard InChI is InChI=1S/C20H29O2.2ClH.Ti/c1-18(2,3)15-12-13-20(21-7,17(14-15)19(4,5)6)22-16-10-8-9-11-16;;;/h8,10,12,14H,9,13H2,1-7H3;2*1H;/q-1;;;+3/p-2. The average Bonchev–Trinajstić information content (AvgIpc) is 2.89. The van der Waals surface area contributed by atoms with Crippen molar-refractivity contribution in [1.29, 1.82) is 0 Å². The van der Waals surface area contributed by atoms with Gasteiger partial charge >= 0.3 is 21.7 Å². The summed E-state index contributed by atoms with van der Waals surface area (Å²) in [6.45, 7) is 13.4. The van der Waals surface area contributed by atoms with E-state index in [1.54, 1.807) is 7.11 Å². The molecule has 0 aromatic rings. The van der Waals surface area contributed by atoms with Gasteiger partial charge in [0.2, 0.25) is 5.79 Å². The molecule has 139 valence electrons. The van der Waals surface area contributed by atoms with Crippen LogP contribution in [0.15, 0.2) is 41.2 Å². The van der Waals surface area contributed by atoms with E-state index >= 15 is 0 Å². The Bertz CT molecular complexity index is 563. The molecule has 1 unspecified atom stereocenters. The second-order valence-electron chi connectivity index (χ2n) is 8.13. The predicted molar refractivity (Wildman–Crippen MR) is 91.0 cm³/mol. The van der Waals surface area contributed by atoms with Crippen molar-refractivity contribution in [2.24, 2.45) is 10.8 Å². The van der Waals surface area contributed by atoms with Gasteiger partial charge < -0.3 is 34.3 Å². The largest absolute Gasteiger partial charge is 3.00 e. The second-order valence-corrected chi connectivity index (χ2v) is 8.13. The Labute approximate surface area is 180 Å². The molecule has 0 amide bonds. The molecule has 0 aromatic carbocycles. The van der Waals surface area contributed by atoms with Gasteiger partial charge in [0.1, 0.15) is 0 Å². The van der Waals surface area contributed by atoms with Crippen molar-refractivity contribution < 1.29 is 56.0 Å². The van der Waals surface area contributed by atoms with Gasteiger partial charge in [0.05, 0.1) is 0 Å². The molecule has 5 heteroatoms. The Kier molecular flexibility index (Phi) is 10.7. The molecule has 2 aliphatic rings. The summed E-state index contributed by atoms with van der Waals surface area (Å²) in [4.78, 5) is 0. The van der Waals surface area contributed by atoms with Crippen molar-refractivity contribution in [1.82, 2.24) is 0 Å². The Morgan fingerprint density at radius 3 is 2.04 bits per heavy atom. The third-order valence-corrected chi connectivity index (χ3v) is 4.24.